The van der Waals surface area contributed by atoms with Crippen molar-refractivity contribution in [1.82, 2.24) is 25.0 Å². The smallest absolute Gasteiger partial charge is 0.271 e. The molecule has 26 heavy (non-hydrogen) atoms. The zero-order valence-corrected chi connectivity index (χ0v) is 15.3. The molecular weight excluding hydrogens is 352 g/mol. The summed E-state index contributed by atoms with van der Waals surface area (Å²) in [5, 5.41) is 18.6. The fourth-order valence-corrected chi connectivity index (χ4v) is 2.85. The van der Waals surface area contributed by atoms with Crippen LogP contribution in [-0.2, 0) is 7.05 Å². The minimum Gasteiger partial charge on any atom is -0.364 e. The number of amides is 1. The molecule has 0 radical (unpaired) electrons. The van der Waals surface area contributed by atoms with Crippen LogP contribution in [0.4, 0.5) is 23.1 Å². The number of anilines is 4. The second-order valence-corrected chi connectivity index (χ2v) is 6.29. The summed E-state index contributed by atoms with van der Waals surface area (Å²) in [7, 11) is 1.82. The number of aryl methyl sites for hydroxylation is 1. The standard InChI is InChI=1S/C16H18N8OS/c1-9-12(20-16-10(26-3)5-4-7-18-16)13(14(17)25)21-22-15(9)19-11-6-8-24(2)23-11/h4-8H,1-3H3,(H2,17,25)(H2,18,19,20,22,23). The number of primary amides is 1. The number of nitrogens with zero attached hydrogens (tertiary/aromatic N) is 5. The molecular formula is C16H18N8OS. The number of carbonyl (C=O) groups excluding carboxylic acids is 1. The molecule has 0 saturated heterocycles. The molecule has 0 fully saturated rings. The van der Waals surface area contributed by atoms with Crippen LogP contribution in [-0.4, -0.2) is 37.1 Å². The predicted molar refractivity (Wildman–Crippen MR) is 101 cm³/mol. The molecule has 0 unspecified atom stereocenters. The van der Waals surface area contributed by atoms with Crippen LogP contribution in [0.2, 0.25) is 0 Å². The number of aromatic nitrogens is 5. The van der Waals surface area contributed by atoms with E-state index in [0.29, 0.717) is 28.7 Å². The molecule has 3 rings (SSSR count). The first-order chi connectivity index (χ1) is 12.5. The zero-order valence-electron chi connectivity index (χ0n) is 14.5. The van der Waals surface area contributed by atoms with Gasteiger partial charge in [0, 0.05) is 36.0 Å². The highest BCUT2D eigenvalue weighted by atomic mass is 32.2. The van der Waals surface area contributed by atoms with Crippen molar-refractivity contribution in [3.8, 4) is 0 Å². The SMILES string of the molecule is CSc1cccnc1Nc1c(C(N)=O)nnc(Nc2ccn(C)n2)c1C. The van der Waals surface area contributed by atoms with E-state index in [9.17, 15) is 4.79 Å². The average Bonchev–Trinajstić information content (AvgIpc) is 3.03. The van der Waals surface area contributed by atoms with Gasteiger partial charge < -0.3 is 16.4 Å². The van der Waals surface area contributed by atoms with Gasteiger partial charge in [0.2, 0.25) is 0 Å². The predicted octanol–water partition coefficient (Wildman–Crippen LogP) is 2.22. The van der Waals surface area contributed by atoms with Crippen LogP contribution in [0.1, 0.15) is 16.1 Å². The molecule has 0 aliphatic carbocycles. The molecule has 0 atom stereocenters. The summed E-state index contributed by atoms with van der Waals surface area (Å²) in [4.78, 5) is 17.1. The number of nitrogens with one attached hydrogen (secondary N) is 2. The first kappa shape index (κ1) is 17.7. The molecule has 10 heteroatoms. The van der Waals surface area contributed by atoms with Crippen molar-refractivity contribution in [3.63, 3.8) is 0 Å². The van der Waals surface area contributed by atoms with Gasteiger partial charge in [-0.05, 0) is 25.3 Å². The van der Waals surface area contributed by atoms with E-state index in [1.807, 2.05) is 32.4 Å². The van der Waals surface area contributed by atoms with E-state index < -0.39 is 5.91 Å². The third-order valence-electron chi connectivity index (χ3n) is 3.64. The molecule has 9 nitrogen and oxygen atoms in total. The third-order valence-corrected chi connectivity index (χ3v) is 4.41. The maximum atomic E-state index is 11.8. The Morgan fingerprint density at radius 1 is 1.23 bits per heavy atom. The van der Waals surface area contributed by atoms with Crippen molar-refractivity contribution in [1.29, 1.82) is 0 Å². The van der Waals surface area contributed by atoms with Gasteiger partial charge in [-0.2, -0.15) is 5.10 Å². The molecule has 3 aromatic rings. The van der Waals surface area contributed by atoms with Gasteiger partial charge >= 0.3 is 0 Å². The summed E-state index contributed by atoms with van der Waals surface area (Å²) in [5.41, 5.74) is 6.65. The van der Waals surface area contributed by atoms with Crippen LogP contribution < -0.4 is 16.4 Å². The van der Waals surface area contributed by atoms with E-state index in [2.05, 4.69) is 30.9 Å². The summed E-state index contributed by atoms with van der Waals surface area (Å²) < 4.78 is 1.67. The number of nitrogens with two attached hydrogens (primary N) is 1. The van der Waals surface area contributed by atoms with Crippen molar-refractivity contribution in [3.05, 3.63) is 41.9 Å². The Morgan fingerprint density at radius 3 is 2.69 bits per heavy atom. The van der Waals surface area contributed by atoms with Crippen LogP contribution in [0, 0.1) is 6.92 Å². The lowest BCUT2D eigenvalue weighted by atomic mass is 10.2. The summed E-state index contributed by atoms with van der Waals surface area (Å²) in [6.07, 6.45) is 5.42. The highest BCUT2D eigenvalue weighted by Gasteiger charge is 2.19. The third kappa shape index (κ3) is 3.59. The Kier molecular flexibility index (Phi) is 5.03. The number of carbonyl (C=O) groups is 1. The number of hydrogen-bond acceptors (Lipinski definition) is 8. The van der Waals surface area contributed by atoms with Crippen LogP contribution in [0.15, 0.2) is 35.5 Å². The Balaban J connectivity index is 2.03. The fraction of sp³-hybridized carbons (Fsp3) is 0.188. The summed E-state index contributed by atoms with van der Waals surface area (Å²) in [6.45, 7) is 1.82. The lowest BCUT2D eigenvalue weighted by Gasteiger charge is -2.15. The minimum absolute atomic E-state index is 0.0479. The van der Waals surface area contributed by atoms with Gasteiger partial charge in [-0.3, -0.25) is 9.48 Å². The summed E-state index contributed by atoms with van der Waals surface area (Å²) in [5.74, 6) is 1.03. The van der Waals surface area contributed by atoms with Gasteiger partial charge in [0.05, 0.1) is 5.69 Å². The molecule has 0 bridgehead atoms. The number of hydrogen-bond donors (Lipinski definition) is 3. The monoisotopic (exact) mass is 370 g/mol. The number of pyridine rings is 1. The van der Waals surface area contributed by atoms with Crippen LogP contribution in [0.25, 0.3) is 0 Å². The topological polar surface area (TPSA) is 124 Å². The molecule has 4 N–H and O–H groups in total. The van der Waals surface area contributed by atoms with Gasteiger partial charge in [0.15, 0.2) is 17.3 Å². The van der Waals surface area contributed by atoms with Crippen molar-refractivity contribution in [2.45, 2.75) is 11.8 Å². The summed E-state index contributed by atoms with van der Waals surface area (Å²) in [6, 6.07) is 5.58. The lowest BCUT2D eigenvalue weighted by Crippen LogP contribution is -2.18. The largest absolute Gasteiger partial charge is 0.364 e. The van der Waals surface area contributed by atoms with E-state index in [1.54, 1.807) is 23.1 Å². The zero-order chi connectivity index (χ0) is 18.7. The molecule has 134 valence electrons. The molecule has 3 heterocycles. The van der Waals surface area contributed by atoms with Crippen LogP contribution >= 0.6 is 11.8 Å². The quantitative estimate of drug-likeness (QED) is 0.564. The maximum Gasteiger partial charge on any atom is 0.271 e. The Labute approximate surface area is 154 Å². The molecule has 1 amide bonds. The van der Waals surface area contributed by atoms with Crippen molar-refractivity contribution < 1.29 is 4.79 Å². The van der Waals surface area contributed by atoms with Gasteiger partial charge in [0.25, 0.3) is 5.91 Å². The molecule has 0 aliphatic rings. The van der Waals surface area contributed by atoms with Crippen molar-refractivity contribution in [2.75, 3.05) is 16.9 Å². The van der Waals surface area contributed by atoms with E-state index in [0.717, 1.165) is 4.90 Å². The van der Waals surface area contributed by atoms with E-state index in [4.69, 9.17) is 5.73 Å². The lowest BCUT2D eigenvalue weighted by molar-refractivity contribution is 0.0995. The maximum absolute atomic E-state index is 11.8. The van der Waals surface area contributed by atoms with Crippen molar-refractivity contribution >= 4 is 40.8 Å². The molecule has 3 aromatic heterocycles. The average molecular weight is 370 g/mol. The normalized spacial score (nSPS) is 10.6. The molecule has 0 aromatic carbocycles. The van der Waals surface area contributed by atoms with Gasteiger partial charge in [-0.1, -0.05) is 0 Å². The van der Waals surface area contributed by atoms with E-state index >= 15 is 0 Å². The number of rotatable bonds is 6. The van der Waals surface area contributed by atoms with Crippen molar-refractivity contribution in [2.24, 2.45) is 12.8 Å². The van der Waals surface area contributed by atoms with E-state index in [1.165, 1.54) is 11.8 Å². The minimum atomic E-state index is -0.672. The Bertz CT molecular complexity index is 955. The molecule has 0 aliphatic heterocycles. The van der Waals surface area contributed by atoms with Gasteiger partial charge in [-0.15, -0.1) is 22.0 Å². The highest BCUT2D eigenvalue weighted by Crippen LogP contribution is 2.31. The highest BCUT2D eigenvalue weighted by molar-refractivity contribution is 7.98. The van der Waals surface area contributed by atoms with Crippen LogP contribution in [0.5, 0.6) is 0 Å². The fourth-order valence-electron chi connectivity index (χ4n) is 2.34. The van der Waals surface area contributed by atoms with Gasteiger partial charge in [0.1, 0.15) is 5.82 Å². The second-order valence-electron chi connectivity index (χ2n) is 5.44. The summed E-state index contributed by atoms with van der Waals surface area (Å²) >= 11 is 1.54. The first-order valence-corrected chi connectivity index (χ1v) is 8.92. The second kappa shape index (κ2) is 7.40. The number of thioether (sulfide) groups is 1. The Morgan fingerprint density at radius 2 is 2.04 bits per heavy atom. The molecule has 0 spiro atoms. The van der Waals surface area contributed by atoms with Crippen LogP contribution in [0.3, 0.4) is 0 Å². The Hall–Kier alpha value is -3.14. The first-order valence-electron chi connectivity index (χ1n) is 7.69. The van der Waals surface area contributed by atoms with Gasteiger partial charge in [-0.25, -0.2) is 4.98 Å². The van der Waals surface area contributed by atoms with E-state index in [-0.39, 0.29) is 5.69 Å². The molecule has 0 saturated carbocycles.